The molecular weight excluding hydrogens is 192 g/mol. The predicted molar refractivity (Wildman–Crippen MR) is 60.8 cm³/mol. The van der Waals surface area contributed by atoms with E-state index < -0.39 is 9.28 Å². The van der Waals surface area contributed by atoms with Gasteiger partial charge in [0, 0.05) is 14.2 Å². The molecule has 0 radical (unpaired) electrons. The van der Waals surface area contributed by atoms with E-state index in [0.29, 0.717) is 5.92 Å². The maximum absolute atomic E-state index is 5.31. The van der Waals surface area contributed by atoms with Gasteiger partial charge in [0.25, 0.3) is 0 Å². The van der Waals surface area contributed by atoms with Gasteiger partial charge in [-0.05, 0) is 17.5 Å². The Morgan fingerprint density at radius 1 is 1.14 bits per heavy atom. The third kappa shape index (κ3) is 3.25. The molecule has 1 rings (SSSR count). The average Bonchev–Trinajstić information content (AvgIpc) is 2.26. The molecule has 0 heterocycles. The van der Waals surface area contributed by atoms with E-state index in [9.17, 15) is 0 Å². The first kappa shape index (κ1) is 11.4. The van der Waals surface area contributed by atoms with Crippen molar-refractivity contribution >= 4 is 9.28 Å². The maximum Gasteiger partial charge on any atom is 0.321 e. The minimum atomic E-state index is -1.42. The van der Waals surface area contributed by atoms with Crippen LogP contribution in [0.2, 0.25) is 6.04 Å². The van der Waals surface area contributed by atoms with Crippen LogP contribution >= 0.6 is 0 Å². The summed E-state index contributed by atoms with van der Waals surface area (Å²) < 4.78 is 10.6. The Hall–Kier alpha value is -0.643. The molecule has 1 aromatic carbocycles. The smallest absolute Gasteiger partial charge is 0.321 e. The summed E-state index contributed by atoms with van der Waals surface area (Å²) in [5.41, 5.74) is 1.36. The Morgan fingerprint density at radius 2 is 1.71 bits per heavy atom. The highest BCUT2D eigenvalue weighted by Gasteiger charge is 2.15. The molecule has 0 N–H and O–H groups in total. The van der Waals surface area contributed by atoms with Crippen molar-refractivity contribution in [3.63, 3.8) is 0 Å². The van der Waals surface area contributed by atoms with Crippen molar-refractivity contribution in [2.75, 3.05) is 14.2 Å². The highest BCUT2D eigenvalue weighted by Crippen LogP contribution is 2.20. The van der Waals surface area contributed by atoms with Crippen molar-refractivity contribution in [2.24, 2.45) is 0 Å². The summed E-state index contributed by atoms with van der Waals surface area (Å²) in [6, 6.07) is 11.5. The Morgan fingerprint density at radius 3 is 2.21 bits per heavy atom. The highest BCUT2D eigenvalue weighted by molar-refractivity contribution is 6.44. The lowest BCUT2D eigenvalue weighted by Crippen LogP contribution is -2.21. The molecule has 1 unspecified atom stereocenters. The van der Waals surface area contributed by atoms with Crippen molar-refractivity contribution < 1.29 is 8.85 Å². The van der Waals surface area contributed by atoms with Crippen molar-refractivity contribution in [1.29, 1.82) is 0 Å². The SMILES string of the molecule is CO[SiH](CC(C)c1ccccc1)OC. The molecule has 1 aromatic rings. The third-order valence-electron chi connectivity index (χ3n) is 2.44. The van der Waals surface area contributed by atoms with Crippen LogP contribution in [0.25, 0.3) is 0 Å². The van der Waals surface area contributed by atoms with E-state index in [1.165, 1.54) is 5.56 Å². The second-order valence-electron chi connectivity index (χ2n) is 3.45. The van der Waals surface area contributed by atoms with Crippen LogP contribution in [0.1, 0.15) is 18.4 Å². The van der Waals surface area contributed by atoms with Gasteiger partial charge < -0.3 is 8.85 Å². The minimum Gasteiger partial charge on any atom is -0.400 e. The summed E-state index contributed by atoms with van der Waals surface area (Å²) in [5.74, 6) is 0.521. The van der Waals surface area contributed by atoms with Crippen LogP contribution < -0.4 is 0 Å². The monoisotopic (exact) mass is 210 g/mol. The van der Waals surface area contributed by atoms with Crippen LogP contribution in [0.15, 0.2) is 30.3 Å². The van der Waals surface area contributed by atoms with E-state index in [2.05, 4.69) is 31.2 Å². The number of hydrogen-bond acceptors (Lipinski definition) is 2. The molecule has 0 amide bonds. The molecule has 0 saturated heterocycles. The van der Waals surface area contributed by atoms with Gasteiger partial charge in [-0.15, -0.1) is 0 Å². The first-order valence-corrected chi connectivity index (χ1v) is 6.64. The normalized spacial score (nSPS) is 13.1. The van der Waals surface area contributed by atoms with Crippen LogP contribution in [0.3, 0.4) is 0 Å². The molecule has 0 saturated carbocycles. The van der Waals surface area contributed by atoms with Crippen molar-refractivity contribution in [3.05, 3.63) is 35.9 Å². The third-order valence-corrected chi connectivity index (χ3v) is 4.58. The molecule has 0 fully saturated rings. The van der Waals surface area contributed by atoms with Gasteiger partial charge in [-0.2, -0.15) is 0 Å². The van der Waals surface area contributed by atoms with E-state index in [1.54, 1.807) is 14.2 Å². The molecule has 0 spiro atoms. The summed E-state index contributed by atoms with van der Waals surface area (Å²) in [4.78, 5) is 0. The van der Waals surface area contributed by atoms with E-state index in [1.807, 2.05) is 6.07 Å². The molecule has 3 heteroatoms. The minimum absolute atomic E-state index is 0.521. The van der Waals surface area contributed by atoms with Crippen LogP contribution in [-0.4, -0.2) is 23.5 Å². The Labute approximate surface area is 87.7 Å². The zero-order valence-electron chi connectivity index (χ0n) is 9.07. The van der Waals surface area contributed by atoms with Gasteiger partial charge in [0.2, 0.25) is 0 Å². The summed E-state index contributed by atoms with van der Waals surface area (Å²) in [5, 5.41) is 0. The van der Waals surface area contributed by atoms with Crippen LogP contribution in [0.4, 0.5) is 0 Å². The maximum atomic E-state index is 5.31. The summed E-state index contributed by atoms with van der Waals surface area (Å²) in [6.45, 7) is 2.22. The average molecular weight is 210 g/mol. The van der Waals surface area contributed by atoms with Crippen LogP contribution in [0, 0.1) is 0 Å². The molecule has 0 aliphatic carbocycles. The topological polar surface area (TPSA) is 18.5 Å². The Kier molecular flexibility index (Phi) is 4.86. The molecule has 0 aliphatic rings. The van der Waals surface area contributed by atoms with Crippen LogP contribution in [-0.2, 0) is 8.85 Å². The number of hydrogen-bond donors (Lipinski definition) is 0. The second-order valence-corrected chi connectivity index (χ2v) is 5.72. The molecular formula is C11H18O2Si. The van der Waals surface area contributed by atoms with Gasteiger partial charge in [-0.25, -0.2) is 0 Å². The quantitative estimate of drug-likeness (QED) is 0.694. The van der Waals surface area contributed by atoms with Crippen LogP contribution in [0.5, 0.6) is 0 Å². The van der Waals surface area contributed by atoms with Gasteiger partial charge in [0.1, 0.15) is 0 Å². The standard InChI is InChI=1S/C11H18O2Si/c1-10(9-14(12-2)13-3)11-7-5-4-6-8-11/h4-8,10,14H,9H2,1-3H3. The van der Waals surface area contributed by atoms with E-state index in [0.717, 1.165) is 6.04 Å². The van der Waals surface area contributed by atoms with Gasteiger partial charge in [-0.1, -0.05) is 37.3 Å². The van der Waals surface area contributed by atoms with Gasteiger partial charge in [0.05, 0.1) is 0 Å². The lowest BCUT2D eigenvalue weighted by molar-refractivity contribution is 0.275. The predicted octanol–water partition coefficient (Wildman–Crippen LogP) is 2.30. The van der Waals surface area contributed by atoms with E-state index in [-0.39, 0.29) is 0 Å². The fourth-order valence-corrected chi connectivity index (χ4v) is 2.92. The summed E-state index contributed by atoms with van der Waals surface area (Å²) >= 11 is 0. The zero-order chi connectivity index (χ0) is 10.4. The fraction of sp³-hybridized carbons (Fsp3) is 0.455. The number of benzene rings is 1. The molecule has 2 nitrogen and oxygen atoms in total. The molecule has 14 heavy (non-hydrogen) atoms. The van der Waals surface area contributed by atoms with Crippen molar-refractivity contribution in [3.8, 4) is 0 Å². The first-order valence-electron chi connectivity index (χ1n) is 4.88. The summed E-state index contributed by atoms with van der Waals surface area (Å²) in [6.07, 6.45) is 0. The van der Waals surface area contributed by atoms with E-state index in [4.69, 9.17) is 8.85 Å². The van der Waals surface area contributed by atoms with Gasteiger partial charge >= 0.3 is 9.28 Å². The fourth-order valence-electron chi connectivity index (χ4n) is 1.50. The molecule has 0 bridgehead atoms. The first-order chi connectivity index (χ1) is 6.77. The van der Waals surface area contributed by atoms with Gasteiger partial charge in [-0.3, -0.25) is 0 Å². The summed E-state index contributed by atoms with van der Waals surface area (Å²) in [7, 11) is 2.05. The molecule has 0 aliphatic heterocycles. The highest BCUT2D eigenvalue weighted by atomic mass is 28.3. The molecule has 0 aromatic heterocycles. The van der Waals surface area contributed by atoms with E-state index >= 15 is 0 Å². The Bertz CT molecular complexity index is 247. The second kappa shape index (κ2) is 5.96. The lowest BCUT2D eigenvalue weighted by atomic mass is 10.0. The molecule has 1 atom stereocenters. The zero-order valence-corrected chi connectivity index (χ0v) is 10.2. The van der Waals surface area contributed by atoms with Crippen molar-refractivity contribution in [2.45, 2.75) is 18.9 Å². The number of rotatable bonds is 5. The van der Waals surface area contributed by atoms with Gasteiger partial charge in [0.15, 0.2) is 0 Å². The lowest BCUT2D eigenvalue weighted by Gasteiger charge is -2.16. The Balaban J connectivity index is 2.54. The van der Waals surface area contributed by atoms with Crippen molar-refractivity contribution in [1.82, 2.24) is 0 Å². The largest absolute Gasteiger partial charge is 0.400 e. The molecule has 78 valence electrons.